The number of ether oxygens (including phenoxy) is 1. The van der Waals surface area contributed by atoms with Crippen LogP contribution >= 0.6 is 0 Å². The Kier molecular flexibility index (Phi) is 10.3. The minimum Gasteiger partial charge on any atom is -0.506 e. The topological polar surface area (TPSA) is 146 Å². The molecule has 3 saturated heterocycles. The van der Waals surface area contributed by atoms with E-state index in [1.165, 1.54) is 24.1 Å². The summed E-state index contributed by atoms with van der Waals surface area (Å²) in [5.74, 6) is 0.485. The Labute approximate surface area is 309 Å². The van der Waals surface area contributed by atoms with Crippen molar-refractivity contribution in [2.24, 2.45) is 5.92 Å². The molecule has 278 valence electrons. The Hall–Kier alpha value is -4.58. The second-order valence-corrected chi connectivity index (χ2v) is 15.4. The Balaban J connectivity index is 0.845. The van der Waals surface area contributed by atoms with Gasteiger partial charge >= 0.3 is 5.97 Å². The molecule has 4 fully saturated rings. The van der Waals surface area contributed by atoms with E-state index >= 15 is 0 Å². The molecular weight excluding hydrogens is 668 g/mol. The van der Waals surface area contributed by atoms with E-state index in [9.17, 15) is 19.8 Å². The van der Waals surface area contributed by atoms with Crippen LogP contribution in [0.25, 0.3) is 21.9 Å². The first-order valence-corrected chi connectivity index (χ1v) is 19.4. The number of benzene rings is 3. The molecule has 1 saturated carbocycles. The van der Waals surface area contributed by atoms with Gasteiger partial charge in [-0.25, -0.2) is 4.68 Å². The molecule has 5 heterocycles. The zero-order chi connectivity index (χ0) is 36.4. The van der Waals surface area contributed by atoms with Crippen molar-refractivity contribution in [1.82, 2.24) is 30.2 Å². The van der Waals surface area contributed by atoms with Gasteiger partial charge in [-0.3, -0.25) is 14.5 Å². The monoisotopic (exact) mass is 718 g/mol. The van der Waals surface area contributed by atoms with Gasteiger partial charge in [-0.15, -0.1) is 5.10 Å². The second-order valence-electron chi connectivity index (χ2n) is 15.4. The summed E-state index contributed by atoms with van der Waals surface area (Å²) in [7, 11) is 0. The fourth-order valence-electron chi connectivity index (χ4n) is 8.98. The summed E-state index contributed by atoms with van der Waals surface area (Å²) in [4.78, 5) is 30.8. The van der Waals surface area contributed by atoms with Crippen molar-refractivity contribution in [2.45, 2.75) is 94.9 Å². The van der Waals surface area contributed by atoms with Crippen LogP contribution in [0.2, 0.25) is 0 Å². The number of fused-ring (bicyclic) bond motifs is 5. The summed E-state index contributed by atoms with van der Waals surface area (Å²) in [6.45, 7) is 4.76. The number of hydrogen-bond acceptors (Lipinski definition) is 9. The van der Waals surface area contributed by atoms with Gasteiger partial charge in [-0.1, -0.05) is 60.9 Å². The van der Waals surface area contributed by atoms with E-state index in [-0.39, 0.29) is 29.9 Å². The van der Waals surface area contributed by atoms with Crippen LogP contribution in [0.4, 0.5) is 0 Å². The molecule has 1 aliphatic carbocycles. The maximum Gasteiger partial charge on any atom is 0.316 e. The highest BCUT2D eigenvalue weighted by Gasteiger charge is 2.46. The number of unbranched alkanes of at least 4 members (excludes halogenated alkanes) is 1. The van der Waals surface area contributed by atoms with Gasteiger partial charge in [-0.2, -0.15) is 0 Å². The molecule has 4 aliphatic rings. The molecule has 9 rings (SSSR count). The number of piperidine rings is 3. The van der Waals surface area contributed by atoms with Gasteiger partial charge in [0.15, 0.2) is 0 Å². The van der Waals surface area contributed by atoms with Gasteiger partial charge in [0.1, 0.15) is 17.4 Å². The minimum atomic E-state index is -0.833. The summed E-state index contributed by atoms with van der Waals surface area (Å²) >= 11 is 0. The van der Waals surface area contributed by atoms with Gasteiger partial charge in [0.25, 0.3) is 0 Å². The van der Waals surface area contributed by atoms with Gasteiger partial charge < -0.3 is 25.3 Å². The lowest BCUT2D eigenvalue weighted by molar-refractivity contribution is -0.167. The number of rotatable bonds is 13. The summed E-state index contributed by atoms with van der Waals surface area (Å²) in [5, 5.41) is 33.9. The normalized spacial score (nSPS) is 21.6. The van der Waals surface area contributed by atoms with E-state index in [1.807, 2.05) is 10.7 Å². The van der Waals surface area contributed by atoms with Gasteiger partial charge in [-0.05, 0) is 110 Å². The number of esters is 1. The number of carbonyl (C=O) groups is 1. The number of carbonyl (C=O) groups excluding carboxylic acids is 1. The number of H-pyrrole nitrogens is 1. The Morgan fingerprint density at radius 3 is 2.66 bits per heavy atom. The zero-order valence-electron chi connectivity index (χ0n) is 30.3. The number of nitrogens with one attached hydrogen (secondary N) is 2. The Morgan fingerprint density at radius 2 is 1.85 bits per heavy atom. The van der Waals surface area contributed by atoms with Crippen molar-refractivity contribution >= 4 is 27.9 Å². The highest BCUT2D eigenvalue weighted by molar-refractivity contribution is 5.87. The average molecular weight is 719 g/mol. The highest BCUT2D eigenvalue weighted by atomic mass is 16.5. The lowest BCUT2D eigenvalue weighted by Gasteiger charge is -2.45. The predicted octanol–water partition coefficient (Wildman–Crippen LogP) is 5.66. The van der Waals surface area contributed by atoms with Crippen LogP contribution in [-0.4, -0.2) is 73.3 Å². The van der Waals surface area contributed by atoms with Crippen LogP contribution in [-0.2, 0) is 34.5 Å². The van der Waals surface area contributed by atoms with Crippen molar-refractivity contribution in [3.05, 3.63) is 99.3 Å². The minimum absolute atomic E-state index is 0.00469. The van der Waals surface area contributed by atoms with Crippen LogP contribution in [0.3, 0.4) is 0 Å². The van der Waals surface area contributed by atoms with Crippen LogP contribution in [0.15, 0.2) is 71.5 Å². The van der Waals surface area contributed by atoms with Gasteiger partial charge in [0.05, 0.1) is 22.6 Å². The number of phenols is 1. The number of nitrogens with zero attached hydrogens (tertiary/aromatic N) is 4. The van der Waals surface area contributed by atoms with Crippen LogP contribution in [0, 0.1) is 5.92 Å². The third kappa shape index (κ3) is 7.47. The predicted molar refractivity (Wildman–Crippen MR) is 204 cm³/mol. The molecule has 2 atom stereocenters. The van der Waals surface area contributed by atoms with Crippen molar-refractivity contribution < 1.29 is 19.7 Å². The summed E-state index contributed by atoms with van der Waals surface area (Å²) in [6, 6.07) is 21.0. The molecule has 11 heteroatoms. The SMILES string of the molecule is O=C(OC1CN2CCC1CC2)C1(c2cccc(CCCCn3nnc4cc(CNC[C@H](O)c5ccc(O)c6[nH]c(=O)ccc56)ccc43)c2)CCCCC1. The van der Waals surface area contributed by atoms with E-state index in [0.29, 0.717) is 28.9 Å². The maximum absolute atomic E-state index is 14.0. The van der Waals surface area contributed by atoms with Crippen molar-refractivity contribution in [1.29, 1.82) is 0 Å². The smallest absolute Gasteiger partial charge is 0.316 e. The summed E-state index contributed by atoms with van der Waals surface area (Å²) in [5.41, 5.74) is 5.34. The summed E-state index contributed by atoms with van der Waals surface area (Å²) in [6.07, 6.45) is 9.43. The molecule has 0 radical (unpaired) electrons. The molecule has 3 aliphatic heterocycles. The molecule has 11 nitrogen and oxygen atoms in total. The number of hydrogen-bond donors (Lipinski definition) is 4. The first-order chi connectivity index (χ1) is 25.9. The Morgan fingerprint density at radius 1 is 1.00 bits per heavy atom. The van der Waals surface area contributed by atoms with E-state index < -0.39 is 11.5 Å². The molecule has 53 heavy (non-hydrogen) atoms. The summed E-state index contributed by atoms with van der Waals surface area (Å²) < 4.78 is 8.35. The third-order valence-electron chi connectivity index (χ3n) is 12.0. The van der Waals surface area contributed by atoms with Crippen LogP contribution in [0.5, 0.6) is 5.75 Å². The van der Waals surface area contributed by atoms with Gasteiger partial charge in [0, 0.05) is 37.6 Å². The van der Waals surface area contributed by atoms with Crippen molar-refractivity contribution in [3.63, 3.8) is 0 Å². The largest absolute Gasteiger partial charge is 0.506 e. The van der Waals surface area contributed by atoms with Crippen molar-refractivity contribution in [3.8, 4) is 5.75 Å². The molecule has 2 aromatic heterocycles. The Bertz CT molecular complexity index is 2130. The van der Waals surface area contributed by atoms with Crippen LogP contribution < -0.4 is 10.9 Å². The highest BCUT2D eigenvalue weighted by Crippen LogP contribution is 2.42. The van der Waals surface area contributed by atoms with E-state index in [2.05, 4.69) is 61.9 Å². The number of phenolic OH excluding ortho intramolecular Hbond substituents is 1. The molecule has 3 aromatic carbocycles. The van der Waals surface area contributed by atoms with E-state index in [4.69, 9.17) is 4.74 Å². The first kappa shape index (κ1) is 35.4. The van der Waals surface area contributed by atoms with Gasteiger partial charge in [0.2, 0.25) is 5.56 Å². The molecular formula is C42H50N6O5. The first-order valence-electron chi connectivity index (χ1n) is 19.4. The standard InChI is InChI=1S/C42H50N6O5/c49-36-14-11-32(33-12-15-39(51)44-40(33)36)37(50)26-43-25-29-10-13-35-34(24-29)45-46-48(35)20-5-2-7-28-8-6-9-31(23-28)42(18-3-1-4-19-42)41(52)53-38-27-47-21-16-30(38)17-22-47/h6,8-15,23-24,30,37-38,43,49-50H,1-5,7,16-22,25-27H2,(H,44,51)/t37-,38?/m0/s1. The number of aryl methyl sites for hydroxylation is 2. The molecule has 2 bridgehead atoms. The average Bonchev–Trinajstić information content (AvgIpc) is 3.59. The molecule has 0 amide bonds. The third-order valence-corrected chi connectivity index (χ3v) is 12.0. The zero-order valence-corrected chi connectivity index (χ0v) is 30.3. The number of aromatic hydroxyl groups is 1. The number of aromatic amines is 1. The fraction of sp³-hybridized carbons (Fsp3) is 0.476. The molecule has 0 spiro atoms. The number of pyridine rings is 1. The van der Waals surface area contributed by atoms with E-state index in [0.717, 1.165) is 106 Å². The molecule has 5 aromatic rings. The lowest BCUT2D eigenvalue weighted by Crippen LogP contribution is -2.53. The van der Waals surface area contributed by atoms with E-state index in [1.54, 1.807) is 12.1 Å². The maximum atomic E-state index is 14.0. The van der Waals surface area contributed by atoms with Crippen LogP contribution in [0.1, 0.15) is 86.1 Å². The number of aromatic nitrogens is 4. The fourth-order valence-corrected chi connectivity index (χ4v) is 8.98. The van der Waals surface area contributed by atoms with Crippen molar-refractivity contribution in [2.75, 3.05) is 26.2 Å². The number of aliphatic hydroxyl groups excluding tert-OH is 1. The number of aliphatic hydroxyl groups is 1. The quantitative estimate of drug-likeness (QED) is 0.0895. The second kappa shape index (κ2) is 15.4. The lowest BCUT2D eigenvalue weighted by atomic mass is 9.69. The molecule has 1 unspecified atom stereocenters. The molecule has 4 N–H and O–H groups in total.